The molecule has 27 nitrogen and oxygen atoms in total. The molecular formula is C46H73N7O20. The van der Waals surface area contributed by atoms with Crippen LogP contribution in [0, 0.1) is 0 Å². The Morgan fingerprint density at radius 3 is 1.60 bits per heavy atom. The normalized spacial score (nSPS) is 13.0. The van der Waals surface area contributed by atoms with Gasteiger partial charge in [0.15, 0.2) is 6.10 Å². The Balaban J connectivity index is 0.00000142. The van der Waals surface area contributed by atoms with Crippen LogP contribution in [-0.2, 0) is 92.2 Å². The number of aliphatic hydroxyl groups excluding tert-OH is 1. The lowest BCUT2D eigenvalue weighted by Crippen LogP contribution is -2.56. The summed E-state index contributed by atoms with van der Waals surface area (Å²) in [7, 11) is 1.62. The fraction of sp³-hybridized carbons (Fsp3) is 0.630. The predicted molar refractivity (Wildman–Crippen MR) is 255 cm³/mol. The van der Waals surface area contributed by atoms with Gasteiger partial charge in [0.2, 0.25) is 35.9 Å². The summed E-state index contributed by atoms with van der Waals surface area (Å²) in [4.78, 5) is 106. The van der Waals surface area contributed by atoms with Gasteiger partial charge in [0.25, 0.3) is 11.8 Å². The lowest BCUT2D eigenvalue weighted by atomic mass is 10.1. The molecular weight excluding hydrogens is 971 g/mol. The van der Waals surface area contributed by atoms with Gasteiger partial charge in [-0.25, -0.2) is 4.79 Å². The van der Waals surface area contributed by atoms with Crippen LogP contribution in [0.1, 0.15) is 25.3 Å². The van der Waals surface area contributed by atoms with Crippen LogP contribution in [0.3, 0.4) is 0 Å². The largest absolute Gasteiger partial charge is 0.479 e. The van der Waals surface area contributed by atoms with Gasteiger partial charge in [0.1, 0.15) is 12.8 Å². The third-order valence-corrected chi connectivity index (χ3v) is 9.29. The highest BCUT2D eigenvalue weighted by molar-refractivity contribution is 6.15. The number of carboxylic acid groups (broad SMARTS) is 1. The molecule has 0 saturated carbocycles. The highest BCUT2D eigenvalue weighted by Gasteiger charge is 2.36. The molecule has 0 aromatic heterocycles. The van der Waals surface area contributed by atoms with Crippen LogP contribution in [0.4, 0.5) is 0 Å². The first kappa shape index (κ1) is 65.0. The van der Waals surface area contributed by atoms with E-state index in [0.29, 0.717) is 97.0 Å². The first-order chi connectivity index (χ1) is 35.3. The van der Waals surface area contributed by atoms with Crippen molar-refractivity contribution >= 4 is 53.7 Å². The zero-order chi connectivity index (χ0) is 53.7. The molecule has 0 bridgehead atoms. The smallest absolute Gasteiger partial charge is 0.332 e. The van der Waals surface area contributed by atoms with Crippen molar-refractivity contribution in [1.82, 2.24) is 36.8 Å². The quantitative estimate of drug-likeness (QED) is 0.0134. The number of aliphatic hydroxyl groups is 1. The van der Waals surface area contributed by atoms with Gasteiger partial charge in [-0.1, -0.05) is 30.3 Å². The van der Waals surface area contributed by atoms with Crippen LogP contribution >= 0.6 is 0 Å². The Kier molecular flexibility index (Phi) is 38.8. The number of amides is 8. The molecule has 8 N–H and O–H groups in total. The summed E-state index contributed by atoms with van der Waals surface area (Å²) in [5.41, 5.74) is 1.05. The van der Waals surface area contributed by atoms with Gasteiger partial charge >= 0.3 is 5.97 Å². The van der Waals surface area contributed by atoms with E-state index in [9.17, 15) is 43.2 Å². The van der Waals surface area contributed by atoms with Gasteiger partial charge in [-0.2, -0.15) is 0 Å². The summed E-state index contributed by atoms with van der Waals surface area (Å²) in [6, 6.07) is 8.00. The molecule has 0 spiro atoms. The number of rotatable bonds is 44. The molecule has 8 amide bonds. The second-order valence-electron chi connectivity index (χ2n) is 15.2. The standard InChI is InChI=1S/C38H59N5O14.C8H14N2O6/c1-30(26-31-6-4-3-5-7-31)42-35(46)29-40-34(45)28-41-38(49)32(43-36(47)8-9-37(43)48)27-39-33(44)10-11-51-14-15-53-18-19-55-22-23-57-25-24-56-21-20-54-17-16-52-13-12-50-2;11-4-9-3-7(13)10-5-16-2-1-6(12)8(14)15/h3-9,30,32H,10-29H2,1-2H3,(H,39,44)(H,40,45)(H,41,49)(H,42,46);4,6,12H,1-3,5H2,(H,9,11)(H,10,13)(H,14,15). The van der Waals surface area contributed by atoms with Crippen molar-refractivity contribution in [1.29, 1.82) is 0 Å². The molecule has 0 aliphatic carbocycles. The van der Waals surface area contributed by atoms with Crippen LogP contribution in [-0.4, -0.2) is 233 Å². The number of carbonyl (C=O) groups is 9. The van der Waals surface area contributed by atoms with Gasteiger partial charge in [0, 0.05) is 44.7 Å². The maximum atomic E-state index is 13.0. The Bertz CT molecular complexity index is 1760. The number of benzene rings is 1. The van der Waals surface area contributed by atoms with Crippen molar-refractivity contribution < 1.29 is 96.0 Å². The van der Waals surface area contributed by atoms with E-state index in [1.165, 1.54) is 0 Å². The van der Waals surface area contributed by atoms with Crippen LogP contribution in [0.5, 0.6) is 0 Å². The van der Waals surface area contributed by atoms with Gasteiger partial charge in [0.05, 0.1) is 125 Å². The molecule has 0 fully saturated rings. The molecule has 3 atom stereocenters. The lowest BCUT2D eigenvalue weighted by Gasteiger charge is -2.25. The van der Waals surface area contributed by atoms with Gasteiger partial charge in [-0.3, -0.25) is 43.3 Å². The third-order valence-electron chi connectivity index (χ3n) is 9.29. The molecule has 2 rings (SSSR count). The number of nitrogens with one attached hydrogen (secondary N) is 6. The van der Waals surface area contributed by atoms with E-state index in [-0.39, 0.29) is 65.1 Å². The topological polar surface area (TPSA) is 353 Å². The number of ether oxygens (including phenoxy) is 9. The molecule has 1 aromatic carbocycles. The first-order valence-electron chi connectivity index (χ1n) is 23.4. The number of carboxylic acids is 1. The van der Waals surface area contributed by atoms with E-state index in [4.69, 9.17) is 52.8 Å². The number of hydrogen-bond donors (Lipinski definition) is 8. The summed E-state index contributed by atoms with van der Waals surface area (Å²) in [6.07, 6.45) is 1.44. The van der Waals surface area contributed by atoms with Crippen molar-refractivity contribution in [3.8, 4) is 0 Å². The van der Waals surface area contributed by atoms with Crippen molar-refractivity contribution in [2.75, 3.05) is 146 Å². The number of hydrogen-bond acceptors (Lipinski definition) is 19. The van der Waals surface area contributed by atoms with E-state index >= 15 is 0 Å². The molecule has 1 aliphatic heterocycles. The fourth-order valence-electron chi connectivity index (χ4n) is 5.64. The highest BCUT2D eigenvalue weighted by atomic mass is 16.6. The van der Waals surface area contributed by atoms with Crippen LogP contribution in [0.15, 0.2) is 42.5 Å². The number of nitrogens with zero attached hydrogens (tertiary/aromatic N) is 1. The Hall–Kier alpha value is -6.01. The average molecular weight is 1040 g/mol. The molecule has 27 heteroatoms. The molecule has 1 aromatic rings. The minimum Gasteiger partial charge on any atom is -0.479 e. The Morgan fingerprint density at radius 2 is 1.10 bits per heavy atom. The first-order valence-corrected chi connectivity index (χ1v) is 23.4. The summed E-state index contributed by atoms with van der Waals surface area (Å²) >= 11 is 0. The second kappa shape index (κ2) is 43.6. The van der Waals surface area contributed by atoms with E-state index in [1.807, 2.05) is 37.3 Å². The maximum Gasteiger partial charge on any atom is 0.332 e. The van der Waals surface area contributed by atoms with Gasteiger partial charge in [-0.05, 0) is 18.9 Å². The zero-order valence-electron chi connectivity index (χ0n) is 41.5. The minimum atomic E-state index is -1.47. The van der Waals surface area contributed by atoms with Crippen LogP contribution in [0.2, 0.25) is 0 Å². The van der Waals surface area contributed by atoms with E-state index < -0.39 is 72.6 Å². The predicted octanol–water partition coefficient (Wildman–Crippen LogP) is -3.81. The van der Waals surface area contributed by atoms with Gasteiger partial charge < -0.3 is 84.7 Å². The molecule has 73 heavy (non-hydrogen) atoms. The van der Waals surface area contributed by atoms with Crippen molar-refractivity contribution in [2.45, 2.75) is 44.4 Å². The summed E-state index contributed by atoms with van der Waals surface area (Å²) in [5, 5.41) is 31.7. The molecule has 1 heterocycles. The minimum absolute atomic E-state index is 0.00879. The summed E-state index contributed by atoms with van der Waals surface area (Å²) < 4.78 is 47.6. The summed E-state index contributed by atoms with van der Waals surface area (Å²) in [6.45, 7) is 6.47. The molecule has 1 aliphatic rings. The lowest BCUT2D eigenvalue weighted by molar-refractivity contribution is -0.147. The molecule has 0 saturated heterocycles. The number of aliphatic carboxylic acids is 1. The summed E-state index contributed by atoms with van der Waals surface area (Å²) in [5.74, 6) is -5.63. The second-order valence-corrected chi connectivity index (χ2v) is 15.2. The monoisotopic (exact) mass is 1040 g/mol. The van der Waals surface area contributed by atoms with Crippen molar-refractivity contribution in [3.05, 3.63) is 48.0 Å². The van der Waals surface area contributed by atoms with E-state index in [1.54, 1.807) is 7.11 Å². The Morgan fingerprint density at radius 1 is 0.603 bits per heavy atom. The molecule has 0 radical (unpaired) electrons. The zero-order valence-corrected chi connectivity index (χ0v) is 41.5. The molecule has 3 unspecified atom stereocenters. The highest BCUT2D eigenvalue weighted by Crippen LogP contribution is 2.10. The van der Waals surface area contributed by atoms with Crippen LogP contribution < -0.4 is 31.9 Å². The SMILES string of the molecule is COCCOCCOCCOCCOCCOCCOCCOCCC(=O)NCC(C(=O)NCC(=O)NCC(=O)NC(C)Cc1ccccc1)N1C(=O)C=CC1=O.O=CNCC(=O)NCOCCC(O)C(=O)O. The fourth-order valence-corrected chi connectivity index (χ4v) is 5.64. The molecule has 412 valence electrons. The third kappa shape index (κ3) is 35.7. The number of carbonyl (C=O) groups excluding carboxylic acids is 8. The van der Waals surface area contributed by atoms with E-state index in [2.05, 4.69) is 31.9 Å². The maximum absolute atomic E-state index is 13.0. The average Bonchev–Trinajstić information content (AvgIpc) is 3.70. The van der Waals surface area contributed by atoms with Crippen molar-refractivity contribution in [2.24, 2.45) is 0 Å². The van der Waals surface area contributed by atoms with Gasteiger partial charge in [-0.15, -0.1) is 0 Å². The number of methoxy groups -OCH3 is 1. The number of imide groups is 1. The van der Waals surface area contributed by atoms with E-state index in [0.717, 1.165) is 17.7 Å². The van der Waals surface area contributed by atoms with Crippen molar-refractivity contribution in [3.63, 3.8) is 0 Å². The van der Waals surface area contributed by atoms with Crippen LogP contribution in [0.25, 0.3) is 0 Å². The Labute approximate surface area is 423 Å².